The van der Waals surface area contributed by atoms with Crippen LogP contribution in [0, 0.1) is 0 Å². The molecule has 0 aromatic carbocycles. The SMILES string of the molecule is O=C(NC1CCN(c2ccncc2)CC1)c1cn[nH]c1-c1ccco1.O=C(O)C(F)(F)F. The molecule has 4 heterocycles. The summed E-state index contributed by atoms with van der Waals surface area (Å²) in [5, 5.41) is 17.1. The number of amides is 1. The van der Waals surface area contributed by atoms with Crippen LogP contribution in [0.4, 0.5) is 18.9 Å². The maximum atomic E-state index is 12.6. The van der Waals surface area contributed by atoms with Gasteiger partial charge in [0.15, 0.2) is 5.76 Å². The minimum absolute atomic E-state index is 0.123. The third-order valence-corrected chi connectivity index (χ3v) is 4.75. The zero-order valence-corrected chi connectivity index (χ0v) is 16.7. The fraction of sp³-hybridized carbons (Fsp3) is 0.300. The predicted molar refractivity (Wildman–Crippen MR) is 107 cm³/mol. The van der Waals surface area contributed by atoms with E-state index in [9.17, 15) is 18.0 Å². The van der Waals surface area contributed by atoms with Gasteiger partial charge in [-0.1, -0.05) is 0 Å². The van der Waals surface area contributed by atoms with Gasteiger partial charge in [0.1, 0.15) is 5.69 Å². The summed E-state index contributed by atoms with van der Waals surface area (Å²) in [6.45, 7) is 1.82. The molecule has 0 spiro atoms. The highest BCUT2D eigenvalue weighted by Crippen LogP contribution is 2.23. The van der Waals surface area contributed by atoms with Crippen molar-refractivity contribution in [2.45, 2.75) is 25.1 Å². The lowest BCUT2D eigenvalue weighted by Crippen LogP contribution is -2.44. The monoisotopic (exact) mass is 451 g/mol. The molecule has 1 saturated heterocycles. The van der Waals surface area contributed by atoms with Gasteiger partial charge >= 0.3 is 12.1 Å². The summed E-state index contributed by atoms with van der Waals surface area (Å²) in [6, 6.07) is 7.77. The van der Waals surface area contributed by atoms with Crippen LogP contribution in [0.15, 0.2) is 53.5 Å². The maximum absolute atomic E-state index is 12.6. The largest absolute Gasteiger partial charge is 0.490 e. The number of piperidine rings is 1. The van der Waals surface area contributed by atoms with E-state index in [1.807, 2.05) is 12.1 Å². The number of aromatic amines is 1. The van der Waals surface area contributed by atoms with Crippen LogP contribution in [0.2, 0.25) is 0 Å². The first-order valence-corrected chi connectivity index (χ1v) is 9.59. The quantitative estimate of drug-likeness (QED) is 0.557. The number of pyridine rings is 1. The Morgan fingerprint density at radius 1 is 1.19 bits per heavy atom. The second-order valence-corrected chi connectivity index (χ2v) is 6.88. The number of furan rings is 1. The van der Waals surface area contributed by atoms with Gasteiger partial charge in [0.05, 0.1) is 18.0 Å². The molecule has 0 atom stereocenters. The Labute approximate surface area is 180 Å². The Balaban J connectivity index is 0.000000360. The van der Waals surface area contributed by atoms with E-state index in [-0.39, 0.29) is 11.9 Å². The van der Waals surface area contributed by atoms with Crippen LogP contribution < -0.4 is 10.2 Å². The van der Waals surface area contributed by atoms with E-state index in [0.717, 1.165) is 25.9 Å². The van der Waals surface area contributed by atoms with Gasteiger partial charge in [0.2, 0.25) is 0 Å². The molecule has 3 N–H and O–H groups in total. The maximum Gasteiger partial charge on any atom is 0.490 e. The van der Waals surface area contributed by atoms with Gasteiger partial charge in [0.25, 0.3) is 5.91 Å². The van der Waals surface area contributed by atoms with Crippen molar-refractivity contribution in [2.75, 3.05) is 18.0 Å². The Bertz CT molecular complexity index is 1010. The lowest BCUT2D eigenvalue weighted by molar-refractivity contribution is -0.192. The number of halogens is 3. The molecule has 4 rings (SSSR count). The third-order valence-electron chi connectivity index (χ3n) is 4.75. The van der Waals surface area contributed by atoms with Crippen molar-refractivity contribution in [1.82, 2.24) is 20.5 Å². The third kappa shape index (κ3) is 5.86. The number of H-pyrrole nitrogens is 1. The second kappa shape index (κ2) is 9.98. The molecule has 0 saturated carbocycles. The first-order valence-electron chi connectivity index (χ1n) is 9.59. The summed E-state index contributed by atoms with van der Waals surface area (Å²) in [5.74, 6) is -2.27. The van der Waals surface area contributed by atoms with Gasteiger partial charge in [0, 0.05) is 37.2 Å². The number of rotatable bonds is 4. The minimum atomic E-state index is -5.08. The normalized spacial score (nSPS) is 14.4. The number of alkyl halides is 3. The standard InChI is InChI=1S/C18H19N5O2.C2HF3O2/c24-18(15-12-20-22-17(15)16-2-1-11-25-16)21-13-5-9-23(10-6-13)14-3-7-19-8-4-14;3-2(4,5)1(6)7/h1-4,7-8,11-13H,5-6,9-10H2,(H,20,22)(H,21,24);(H,6,7). The molecule has 0 aliphatic carbocycles. The lowest BCUT2D eigenvalue weighted by Gasteiger charge is -2.33. The summed E-state index contributed by atoms with van der Waals surface area (Å²) in [7, 11) is 0. The Morgan fingerprint density at radius 3 is 2.41 bits per heavy atom. The highest BCUT2D eigenvalue weighted by molar-refractivity contribution is 5.99. The number of nitrogens with zero attached hydrogens (tertiary/aromatic N) is 3. The van der Waals surface area contributed by atoms with Crippen molar-refractivity contribution in [3.8, 4) is 11.5 Å². The van der Waals surface area contributed by atoms with E-state index < -0.39 is 12.1 Å². The summed E-state index contributed by atoms with van der Waals surface area (Å²) >= 11 is 0. The summed E-state index contributed by atoms with van der Waals surface area (Å²) < 4.78 is 37.1. The number of aliphatic carboxylic acids is 1. The number of carbonyl (C=O) groups excluding carboxylic acids is 1. The number of hydrogen-bond acceptors (Lipinski definition) is 6. The van der Waals surface area contributed by atoms with Crippen molar-refractivity contribution in [3.63, 3.8) is 0 Å². The van der Waals surface area contributed by atoms with Crippen LogP contribution in [0.1, 0.15) is 23.2 Å². The van der Waals surface area contributed by atoms with Crippen molar-refractivity contribution >= 4 is 17.6 Å². The summed E-state index contributed by atoms with van der Waals surface area (Å²) in [6.07, 6.45) is 3.45. The number of carboxylic acids is 1. The average Bonchev–Trinajstić information content (AvgIpc) is 3.46. The van der Waals surface area contributed by atoms with Crippen LogP contribution in [0.25, 0.3) is 11.5 Å². The molecule has 1 fully saturated rings. The predicted octanol–water partition coefficient (Wildman–Crippen LogP) is 3.10. The Hall–Kier alpha value is -3.83. The average molecular weight is 451 g/mol. The summed E-state index contributed by atoms with van der Waals surface area (Å²) in [4.78, 5) is 27.9. The molecule has 0 unspecified atom stereocenters. The molecule has 0 bridgehead atoms. The molecule has 9 nitrogen and oxygen atoms in total. The van der Waals surface area contributed by atoms with E-state index in [4.69, 9.17) is 14.3 Å². The number of carbonyl (C=O) groups is 2. The fourth-order valence-electron chi connectivity index (χ4n) is 3.17. The number of aromatic nitrogens is 3. The number of hydrogen-bond donors (Lipinski definition) is 3. The zero-order chi connectivity index (χ0) is 23.1. The van der Waals surface area contributed by atoms with Crippen molar-refractivity contribution in [1.29, 1.82) is 0 Å². The Morgan fingerprint density at radius 2 is 1.84 bits per heavy atom. The molecule has 170 valence electrons. The van der Waals surface area contributed by atoms with Crippen LogP contribution in [0.5, 0.6) is 0 Å². The van der Waals surface area contributed by atoms with Gasteiger partial charge in [-0.25, -0.2) is 4.79 Å². The van der Waals surface area contributed by atoms with Gasteiger partial charge in [-0.2, -0.15) is 18.3 Å². The number of nitrogens with one attached hydrogen (secondary N) is 2. The molecule has 1 aliphatic rings. The van der Waals surface area contributed by atoms with Crippen molar-refractivity contribution in [2.24, 2.45) is 0 Å². The van der Waals surface area contributed by atoms with Gasteiger partial charge in [-0.3, -0.25) is 14.9 Å². The smallest absolute Gasteiger partial charge is 0.475 e. The number of anilines is 1. The molecule has 1 amide bonds. The van der Waals surface area contributed by atoms with E-state index in [0.29, 0.717) is 17.0 Å². The van der Waals surface area contributed by atoms with Crippen molar-refractivity contribution < 1.29 is 32.3 Å². The first kappa shape index (κ1) is 22.8. The first-order chi connectivity index (χ1) is 15.3. The van der Waals surface area contributed by atoms with Gasteiger partial charge < -0.3 is 19.7 Å². The van der Waals surface area contributed by atoms with Crippen LogP contribution in [-0.4, -0.2) is 57.5 Å². The second-order valence-electron chi connectivity index (χ2n) is 6.88. The van der Waals surface area contributed by atoms with Crippen LogP contribution >= 0.6 is 0 Å². The molecule has 1 aliphatic heterocycles. The Kier molecular flexibility index (Phi) is 7.13. The molecule has 0 radical (unpaired) electrons. The lowest BCUT2D eigenvalue weighted by atomic mass is 10.0. The van der Waals surface area contributed by atoms with E-state index in [1.54, 1.807) is 37.0 Å². The van der Waals surface area contributed by atoms with Crippen molar-refractivity contribution in [3.05, 3.63) is 54.7 Å². The number of carboxylic acid groups (broad SMARTS) is 1. The highest BCUT2D eigenvalue weighted by Gasteiger charge is 2.38. The van der Waals surface area contributed by atoms with E-state index >= 15 is 0 Å². The molecule has 12 heteroatoms. The molecule has 3 aromatic rings. The molecule has 3 aromatic heterocycles. The minimum Gasteiger partial charge on any atom is -0.475 e. The summed E-state index contributed by atoms with van der Waals surface area (Å²) in [5.41, 5.74) is 2.29. The van der Waals surface area contributed by atoms with Gasteiger partial charge in [-0.15, -0.1) is 0 Å². The fourth-order valence-corrected chi connectivity index (χ4v) is 3.17. The zero-order valence-electron chi connectivity index (χ0n) is 16.7. The molecular formula is C20H20F3N5O4. The molecular weight excluding hydrogens is 431 g/mol. The van der Waals surface area contributed by atoms with Gasteiger partial charge in [-0.05, 0) is 37.1 Å². The topological polar surface area (TPSA) is 124 Å². The highest BCUT2D eigenvalue weighted by atomic mass is 19.4. The van der Waals surface area contributed by atoms with E-state index in [2.05, 4.69) is 25.4 Å². The van der Waals surface area contributed by atoms with Crippen LogP contribution in [0.3, 0.4) is 0 Å². The molecule has 32 heavy (non-hydrogen) atoms. The van der Waals surface area contributed by atoms with E-state index in [1.165, 1.54) is 5.69 Å². The van der Waals surface area contributed by atoms with Crippen LogP contribution in [-0.2, 0) is 4.79 Å².